The summed E-state index contributed by atoms with van der Waals surface area (Å²) in [6.45, 7) is 6.10. The van der Waals surface area contributed by atoms with Crippen molar-refractivity contribution >= 4 is 11.6 Å². The Morgan fingerprint density at radius 2 is 1.52 bits per heavy atom. The van der Waals surface area contributed by atoms with Gasteiger partial charge in [0.1, 0.15) is 12.2 Å². The molecule has 0 bridgehead atoms. The van der Waals surface area contributed by atoms with Gasteiger partial charge in [-0.3, -0.25) is 9.59 Å². The Labute approximate surface area is 319 Å². The van der Waals surface area contributed by atoms with Crippen LogP contribution in [0.2, 0.25) is 0 Å². The molecule has 1 N–H and O–H groups in total. The summed E-state index contributed by atoms with van der Waals surface area (Å²) in [5.74, 6) is 0.294. The molecule has 2 saturated heterocycles. The number of ether oxygens (including phenoxy) is 3. The number of likely N-dealkylation sites (tertiary alicyclic amines) is 1. The zero-order valence-corrected chi connectivity index (χ0v) is 31.7. The van der Waals surface area contributed by atoms with Crippen LogP contribution in [0, 0.1) is 34.5 Å². The molecule has 54 heavy (non-hydrogen) atoms. The van der Waals surface area contributed by atoms with Gasteiger partial charge in [0.05, 0.1) is 12.2 Å². The maximum atomic E-state index is 15.6. The number of ketones is 2. The molecule has 7 nitrogen and oxygen atoms in total. The Morgan fingerprint density at radius 3 is 2.11 bits per heavy atom. The van der Waals surface area contributed by atoms with E-state index in [0.717, 1.165) is 54.6 Å². The molecular weight excluding hydrogens is 675 g/mol. The Kier molecular flexibility index (Phi) is 8.98. The average Bonchev–Trinajstić information content (AvgIpc) is 3.69. The highest BCUT2D eigenvalue weighted by Crippen LogP contribution is 2.69. The number of Topliss-reactive ketones (excluding diaryl/α,β-unsaturated/α-hetero) is 1. The predicted octanol–water partition coefficient (Wildman–Crippen LogP) is 7.27. The molecule has 2 heterocycles. The molecule has 0 aromatic heterocycles. The number of fused-ring (bicyclic) bond motifs is 7. The molecule has 9 atom stereocenters. The predicted molar refractivity (Wildman–Crippen MR) is 206 cm³/mol. The standard InChI is InChI=1S/C47H53NO6/c1-44-24-21-36(49)27-35(44)19-20-37-38-28-41-47(45(38,2)29-39(50)42(37)44,54-43(53-41)31-22-25-48(3)26-23-31)40(51)30-52-46(32-13-7-4-8-14-32,33-15-9-5-10-16-33)34-17-11-6-12-18-34/h4-19,21,24,31,37-39,41-43,50H,20,22-23,25-30H2,1-3H3/t37-,38-,39-,41+,42+,43?,44-,45-,47+/m0/s1. The van der Waals surface area contributed by atoms with Crippen LogP contribution in [0.5, 0.6) is 0 Å². The number of carbonyl (C=O) groups excluding carboxylic acids is 2. The number of hydrogen-bond acceptors (Lipinski definition) is 7. The van der Waals surface area contributed by atoms with Gasteiger partial charge < -0.3 is 24.2 Å². The topological polar surface area (TPSA) is 85.3 Å². The first-order valence-electron chi connectivity index (χ1n) is 20.1. The summed E-state index contributed by atoms with van der Waals surface area (Å²) < 4.78 is 21.5. The van der Waals surface area contributed by atoms with Crippen LogP contribution in [0.15, 0.2) is 115 Å². The summed E-state index contributed by atoms with van der Waals surface area (Å²) in [6, 6.07) is 30.5. The third kappa shape index (κ3) is 5.33. The lowest BCUT2D eigenvalue weighted by Crippen LogP contribution is -2.63. The van der Waals surface area contributed by atoms with Crippen molar-refractivity contribution in [2.45, 2.75) is 82.1 Å². The van der Waals surface area contributed by atoms with Gasteiger partial charge >= 0.3 is 0 Å². The Morgan fingerprint density at radius 1 is 0.926 bits per heavy atom. The summed E-state index contributed by atoms with van der Waals surface area (Å²) in [6.07, 6.45) is 8.52. The third-order valence-corrected chi connectivity index (χ3v) is 14.7. The van der Waals surface area contributed by atoms with Crippen LogP contribution in [0.1, 0.15) is 69.1 Å². The number of benzene rings is 3. The van der Waals surface area contributed by atoms with Crippen molar-refractivity contribution in [2.24, 2.45) is 34.5 Å². The molecule has 4 fully saturated rings. The smallest absolute Gasteiger partial charge is 0.193 e. The lowest BCUT2D eigenvalue weighted by Gasteiger charge is -2.59. The van der Waals surface area contributed by atoms with Crippen molar-refractivity contribution in [2.75, 3.05) is 26.7 Å². The number of allylic oxidation sites excluding steroid dienone is 4. The minimum Gasteiger partial charge on any atom is -0.393 e. The van der Waals surface area contributed by atoms with Crippen LogP contribution in [0.3, 0.4) is 0 Å². The van der Waals surface area contributed by atoms with Crippen LogP contribution >= 0.6 is 0 Å². The molecule has 2 aliphatic heterocycles. The van der Waals surface area contributed by atoms with Gasteiger partial charge in [0, 0.05) is 29.1 Å². The first-order chi connectivity index (χ1) is 26.1. The second-order valence-electron chi connectivity index (χ2n) is 17.4. The van der Waals surface area contributed by atoms with Crippen LogP contribution in [-0.2, 0) is 29.4 Å². The van der Waals surface area contributed by atoms with Gasteiger partial charge in [-0.15, -0.1) is 0 Å². The molecule has 1 unspecified atom stereocenters. The largest absolute Gasteiger partial charge is 0.393 e. The summed E-state index contributed by atoms with van der Waals surface area (Å²) in [4.78, 5) is 30.5. The van der Waals surface area contributed by atoms with Crippen molar-refractivity contribution < 1.29 is 28.9 Å². The molecule has 3 aromatic carbocycles. The molecule has 4 aliphatic carbocycles. The van der Waals surface area contributed by atoms with E-state index in [0.29, 0.717) is 19.3 Å². The van der Waals surface area contributed by atoms with E-state index in [4.69, 9.17) is 14.2 Å². The van der Waals surface area contributed by atoms with Crippen LogP contribution in [0.25, 0.3) is 0 Å². The van der Waals surface area contributed by atoms with Gasteiger partial charge in [0.2, 0.25) is 0 Å². The van der Waals surface area contributed by atoms with Crippen LogP contribution in [0.4, 0.5) is 0 Å². The van der Waals surface area contributed by atoms with Crippen molar-refractivity contribution in [3.63, 3.8) is 0 Å². The molecule has 0 amide bonds. The number of hydrogen-bond donors (Lipinski definition) is 1. The number of piperidine rings is 1. The zero-order valence-electron chi connectivity index (χ0n) is 31.7. The van der Waals surface area contributed by atoms with Crippen molar-refractivity contribution in [1.82, 2.24) is 4.90 Å². The van der Waals surface area contributed by atoms with Crippen molar-refractivity contribution in [3.8, 4) is 0 Å². The fraction of sp³-hybridized carbons (Fsp3) is 0.489. The highest BCUT2D eigenvalue weighted by atomic mass is 16.7. The highest BCUT2D eigenvalue weighted by Gasteiger charge is 2.76. The second-order valence-corrected chi connectivity index (χ2v) is 17.4. The summed E-state index contributed by atoms with van der Waals surface area (Å²) in [5, 5.41) is 12.4. The molecular formula is C47H53NO6. The first kappa shape index (κ1) is 35.9. The molecule has 3 aromatic rings. The Hall–Kier alpha value is -3.72. The maximum Gasteiger partial charge on any atom is 0.193 e. The number of rotatable bonds is 8. The Bertz CT molecular complexity index is 1840. The fourth-order valence-corrected chi connectivity index (χ4v) is 12.1. The van der Waals surface area contributed by atoms with E-state index in [2.05, 4.69) is 68.3 Å². The molecule has 9 rings (SSSR count). The van der Waals surface area contributed by atoms with Crippen molar-refractivity contribution in [1.29, 1.82) is 0 Å². The van der Waals surface area contributed by atoms with Gasteiger partial charge in [0.25, 0.3) is 0 Å². The quantitative estimate of drug-likeness (QED) is 0.193. The number of aliphatic hydroxyl groups is 1. The number of aliphatic hydroxyl groups excluding tert-OH is 1. The second kappa shape index (κ2) is 13.5. The maximum absolute atomic E-state index is 15.6. The SMILES string of the molecule is CN1CCC(C2O[C@@H]3C[C@H]4[C@@H]5CC=C6CC(=O)C=C[C@]6(C)[C@H]5[C@@H](O)C[C@]4(C)[C@]3(C(=O)COC(c3ccccc3)(c3ccccc3)c3ccccc3)O2)CC1. The lowest BCUT2D eigenvalue weighted by atomic mass is 9.47. The van der Waals surface area contributed by atoms with E-state index < -0.39 is 40.5 Å². The minimum absolute atomic E-state index is 0.0614. The van der Waals surface area contributed by atoms with E-state index in [9.17, 15) is 9.90 Å². The van der Waals surface area contributed by atoms with Crippen molar-refractivity contribution in [3.05, 3.63) is 131 Å². The molecule has 0 spiro atoms. The normalized spacial score (nSPS) is 36.5. The molecule has 6 aliphatic rings. The zero-order chi connectivity index (χ0) is 37.3. The van der Waals surface area contributed by atoms with E-state index >= 15 is 4.79 Å². The molecule has 7 heteroatoms. The van der Waals surface area contributed by atoms with Crippen LogP contribution < -0.4 is 0 Å². The van der Waals surface area contributed by atoms with Gasteiger partial charge in [-0.05, 0) is 86.8 Å². The summed E-state index contributed by atoms with van der Waals surface area (Å²) >= 11 is 0. The molecule has 282 valence electrons. The van der Waals surface area contributed by atoms with Crippen LogP contribution in [-0.4, -0.2) is 72.4 Å². The van der Waals surface area contributed by atoms with E-state index in [1.807, 2.05) is 60.7 Å². The fourth-order valence-electron chi connectivity index (χ4n) is 12.1. The number of carbonyl (C=O) groups is 2. The third-order valence-electron chi connectivity index (χ3n) is 14.7. The lowest BCUT2D eigenvalue weighted by molar-refractivity contribution is -0.210. The van der Waals surface area contributed by atoms with E-state index in [1.165, 1.54) is 0 Å². The van der Waals surface area contributed by atoms with Gasteiger partial charge in [0.15, 0.2) is 23.5 Å². The first-order valence-corrected chi connectivity index (χ1v) is 20.1. The average molecular weight is 728 g/mol. The summed E-state index contributed by atoms with van der Waals surface area (Å²) in [7, 11) is 2.15. The van der Waals surface area contributed by atoms with E-state index in [1.54, 1.807) is 6.08 Å². The molecule has 0 radical (unpaired) electrons. The monoisotopic (exact) mass is 727 g/mol. The summed E-state index contributed by atoms with van der Waals surface area (Å²) in [5.41, 5.74) is 0.430. The van der Waals surface area contributed by atoms with Gasteiger partial charge in [-0.25, -0.2) is 0 Å². The highest BCUT2D eigenvalue weighted by molar-refractivity contribution is 5.93. The Balaban J connectivity index is 1.12. The number of nitrogens with zero attached hydrogens (tertiary/aromatic N) is 1. The van der Waals surface area contributed by atoms with Gasteiger partial charge in [-0.2, -0.15) is 0 Å². The minimum atomic E-state index is -1.29. The van der Waals surface area contributed by atoms with E-state index in [-0.39, 0.29) is 41.8 Å². The van der Waals surface area contributed by atoms with Gasteiger partial charge in [-0.1, -0.05) is 123 Å². The molecule has 2 saturated carbocycles.